The standard InChI is InChI=1S/C19H20O7S/c1-22-14-7-12-10-26-18(13(12)9-15(14)23-2)11-6-16(24-3)19(25-4)17(8-11)27(5,20)21/h6-10H,1-5H3. The predicted octanol–water partition coefficient (Wildman–Crippen LogP) is 3.54. The van der Waals surface area contributed by atoms with Gasteiger partial charge in [-0.2, -0.15) is 0 Å². The van der Waals surface area contributed by atoms with Gasteiger partial charge in [-0.15, -0.1) is 0 Å². The van der Waals surface area contributed by atoms with Crippen molar-refractivity contribution < 1.29 is 31.8 Å². The zero-order valence-corrected chi connectivity index (χ0v) is 16.5. The number of methoxy groups -OCH3 is 4. The Morgan fingerprint density at radius 1 is 0.815 bits per heavy atom. The summed E-state index contributed by atoms with van der Waals surface area (Å²) in [5, 5.41) is 1.54. The molecular weight excluding hydrogens is 372 g/mol. The lowest BCUT2D eigenvalue weighted by molar-refractivity contribution is 0.347. The summed E-state index contributed by atoms with van der Waals surface area (Å²) >= 11 is 0. The summed E-state index contributed by atoms with van der Waals surface area (Å²) in [6.07, 6.45) is 2.69. The topological polar surface area (TPSA) is 84.2 Å². The quantitative estimate of drug-likeness (QED) is 0.634. The van der Waals surface area contributed by atoms with Crippen LogP contribution in [0.2, 0.25) is 0 Å². The van der Waals surface area contributed by atoms with Gasteiger partial charge in [0.25, 0.3) is 0 Å². The Labute approximate surface area is 157 Å². The van der Waals surface area contributed by atoms with Gasteiger partial charge < -0.3 is 23.4 Å². The smallest absolute Gasteiger partial charge is 0.179 e. The van der Waals surface area contributed by atoms with Crippen molar-refractivity contribution in [2.75, 3.05) is 34.7 Å². The summed E-state index contributed by atoms with van der Waals surface area (Å²) in [6.45, 7) is 0. The highest BCUT2D eigenvalue weighted by Gasteiger charge is 2.23. The summed E-state index contributed by atoms with van der Waals surface area (Å²) < 4.78 is 51.5. The van der Waals surface area contributed by atoms with Crippen molar-refractivity contribution in [3.05, 3.63) is 30.5 Å². The predicted molar refractivity (Wildman–Crippen MR) is 101 cm³/mol. The van der Waals surface area contributed by atoms with E-state index in [0.29, 0.717) is 28.6 Å². The molecule has 0 amide bonds. The van der Waals surface area contributed by atoms with Gasteiger partial charge in [0.05, 0.1) is 34.7 Å². The third-order valence-electron chi connectivity index (χ3n) is 4.21. The van der Waals surface area contributed by atoms with E-state index in [0.717, 1.165) is 17.0 Å². The lowest BCUT2D eigenvalue weighted by Crippen LogP contribution is -2.03. The molecule has 7 nitrogen and oxygen atoms in total. The number of benzene rings is 2. The molecule has 0 saturated heterocycles. The number of fused-ring (bicyclic) bond motifs is 1. The maximum Gasteiger partial charge on any atom is 0.179 e. The molecule has 3 aromatic rings. The summed E-state index contributed by atoms with van der Waals surface area (Å²) in [6, 6.07) is 6.75. The molecule has 1 heterocycles. The SMILES string of the molecule is COc1cc2coc(-c3cc(OC)c(OC)c(S(C)(=O)=O)c3)c2cc1OC. The molecule has 0 bridgehead atoms. The fourth-order valence-electron chi connectivity index (χ4n) is 2.93. The fourth-order valence-corrected chi connectivity index (χ4v) is 3.80. The lowest BCUT2D eigenvalue weighted by Gasteiger charge is -2.13. The van der Waals surface area contributed by atoms with Gasteiger partial charge in [0.1, 0.15) is 10.7 Å². The molecule has 0 aliphatic rings. The number of sulfone groups is 1. The molecule has 8 heteroatoms. The van der Waals surface area contributed by atoms with Crippen LogP contribution in [0.5, 0.6) is 23.0 Å². The third-order valence-corrected chi connectivity index (χ3v) is 5.31. The highest BCUT2D eigenvalue weighted by Crippen LogP contribution is 2.43. The Morgan fingerprint density at radius 3 is 2.00 bits per heavy atom. The van der Waals surface area contributed by atoms with E-state index >= 15 is 0 Å². The van der Waals surface area contributed by atoms with Crippen molar-refractivity contribution in [2.24, 2.45) is 0 Å². The van der Waals surface area contributed by atoms with Gasteiger partial charge in [-0.3, -0.25) is 0 Å². The molecular formula is C19H20O7S. The number of rotatable bonds is 6. The second-order valence-electron chi connectivity index (χ2n) is 5.84. The molecule has 1 aromatic heterocycles. The summed E-state index contributed by atoms with van der Waals surface area (Å²) in [5.41, 5.74) is 0.537. The van der Waals surface area contributed by atoms with Crippen LogP contribution in [0.1, 0.15) is 0 Å². The minimum absolute atomic E-state index is 0.0179. The van der Waals surface area contributed by atoms with Crippen molar-refractivity contribution in [3.63, 3.8) is 0 Å². The van der Waals surface area contributed by atoms with E-state index in [1.807, 2.05) is 0 Å². The van der Waals surface area contributed by atoms with E-state index in [9.17, 15) is 8.42 Å². The number of hydrogen-bond acceptors (Lipinski definition) is 7. The zero-order chi connectivity index (χ0) is 19.8. The van der Waals surface area contributed by atoms with Gasteiger partial charge in [-0.1, -0.05) is 0 Å². The van der Waals surface area contributed by atoms with Crippen LogP contribution in [-0.4, -0.2) is 43.1 Å². The highest BCUT2D eigenvalue weighted by atomic mass is 32.2. The van der Waals surface area contributed by atoms with Gasteiger partial charge >= 0.3 is 0 Å². The molecule has 0 aliphatic heterocycles. The van der Waals surface area contributed by atoms with Gasteiger partial charge in [-0.05, 0) is 24.3 Å². The van der Waals surface area contributed by atoms with Crippen molar-refractivity contribution >= 4 is 20.6 Å². The van der Waals surface area contributed by atoms with Crippen LogP contribution in [0.15, 0.2) is 39.8 Å². The highest BCUT2D eigenvalue weighted by molar-refractivity contribution is 7.90. The molecule has 27 heavy (non-hydrogen) atoms. The minimum Gasteiger partial charge on any atom is -0.493 e. The maximum absolute atomic E-state index is 12.2. The largest absolute Gasteiger partial charge is 0.493 e. The molecule has 0 fully saturated rings. The first kappa shape index (κ1) is 18.9. The van der Waals surface area contributed by atoms with Crippen molar-refractivity contribution in [2.45, 2.75) is 4.90 Å². The molecule has 144 valence electrons. The van der Waals surface area contributed by atoms with Crippen LogP contribution in [0.25, 0.3) is 22.1 Å². The van der Waals surface area contributed by atoms with E-state index < -0.39 is 9.84 Å². The van der Waals surface area contributed by atoms with E-state index in [-0.39, 0.29) is 10.6 Å². The normalized spacial score (nSPS) is 11.4. The lowest BCUT2D eigenvalue weighted by atomic mass is 10.1. The Bertz CT molecular complexity index is 1100. The zero-order valence-electron chi connectivity index (χ0n) is 15.7. The Kier molecular flexibility index (Phi) is 4.93. The number of furan rings is 1. The first-order valence-corrected chi connectivity index (χ1v) is 9.82. The second kappa shape index (κ2) is 7.03. The van der Waals surface area contributed by atoms with Crippen LogP contribution in [0, 0.1) is 0 Å². The first-order chi connectivity index (χ1) is 12.8. The fraction of sp³-hybridized carbons (Fsp3) is 0.263. The van der Waals surface area contributed by atoms with Gasteiger partial charge in [-0.25, -0.2) is 8.42 Å². The minimum atomic E-state index is -3.56. The van der Waals surface area contributed by atoms with Crippen LogP contribution < -0.4 is 18.9 Å². The Hall–Kier alpha value is -2.87. The monoisotopic (exact) mass is 392 g/mol. The van der Waals surface area contributed by atoms with E-state index in [1.54, 1.807) is 38.7 Å². The van der Waals surface area contributed by atoms with Crippen molar-refractivity contribution in [3.8, 4) is 34.3 Å². The molecule has 0 spiro atoms. The van der Waals surface area contributed by atoms with Crippen LogP contribution in [-0.2, 0) is 9.84 Å². The number of hydrogen-bond donors (Lipinski definition) is 0. The molecule has 0 aliphatic carbocycles. The average molecular weight is 392 g/mol. The van der Waals surface area contributed by atoms with Crippen LogP contribution in [0.3, 0.4) is 0 Å². The molecule has 0 N–H and O–H groups in total. The average Bonchev–Trinajstić information content (AvgIpc) is 3.07. The molecule has 2 aromatic carbocycles. The Balaban J connectivity index is 2.31. The van der Waals surface area contributed by atoms with Crippen LogP contribution >= 0.6 is 0 Å². The van der Waals surface area contributed by atoms with Gasteiger partial charge in [0.2, 0.25) is 0 Å². The molecule has 0 unspecified atom stereocenters. The van der Waals surface area contributed by atoms with E-state index in [1.165, 1.54) is 20.3 Å². The van der Waals surface area contributed by atoms with E-state index in [4.69, 9.17) is 23.4 Å². The second-order valence-corrected chi connectivity index (χ2v) is 7.83. The molecule has 0 atom stereocenters. The summed E-state index contributed by atoms with van der Waals surface area (Å²) in [7, 11) is 2.38. The molecule has 0 radical (unpaired) electrons. The Morgan fingerprint density at radius 2 is 1.44 bits per heavy atom. The van der Waals surface area contributed by atoms with Crippen molar-refractivity contribution in [1.82, 2.24) is 0 Å². The molecule has 0 saturated carbocycles. The van der Waals surface area contributed by atoms with E-state index in [2.05, 4.69) is 0 Å². The maximum atomic E-state index is 12.2. The van der Waals surface area contributed by atoms with Gasteiger partial charge in [0, 0.05) is 22.6 Å². The van der Waals surface area contributed by atoms with Crippen molar-refractivity contribution in [1.29, 1.82) is 0 Å². The van der Waals surface area contributed by atoms with Gasteiger partial charge in [0.15, 0.2) is 32.8 Å². The third kappa shape index (κ3) is 3.28. The summed E-state index contributed by atoms with van der Waals surface area (Å²) in [4.78, 5) is 0.0179. The molecule has 3 rings (SSSR count). The number of ether oxygens (including phenoxy) is 4. The van der Waals surface area contributed by atoms with Crippen LogP contribution in [0.4, 0.5) is 0 Å². The summed E-state index contributed by atoms with van der Waals surface area (Å²) in [5.74, 6) is 2.04. The first-order valence-electron chi connectivity index (χ1n) is 7.93.